The number of ketones is 1. The van der Waals surface area contributed by atoms with Gasteiger partial charge in [-0.05, 0) is 43.3 Å². The van der Waals surface area contributed by atoms with Gasteiger partial charge in [0.1, 0.15) is 11.3 Å². The van der Waals surface area contributed by atoms with Crippen LogP contribution in [-0.2, 0) is 42.7 Å². The Morgan fingerprint density at radius 2 is 1.18 bits per heavy atom. The molecular formula is C26H24Cl2F6N2O6S2. The summed E-state index contributed by atoms with van der Waals surface area (Å²) in [6, 6.07) is 6.20. The molecule has 0 spiro atoms. The lowest BCUT2D eigenvalue weighted by atomic mass is 10.1. The lowest BCUT2D eigenvalue weighted by molar-refractivity contribution is -0.138. The van der Waals surface area contributed by atoms with Gasteiger partial charge >= 0.3 is 12.4 Å². The maximum Gasteiger partial charge on any atom is 0.417 e. The van der Waals surface area contributed by atoms with Gasteiger partial charge in [-0.25, -0.2) is 24.8 Å². The molecule has 0 aliphatic carbocycles. The Labute approximate surface area is 258 Å². The summed E-state index contributed by atoms with van der Waals surface area (Å²) in [4.78, 5) is 11.5. The molecule has 5 rings (SSSR count). The number of ether oxygens (including phenoxy) is 1. The Bertz CT molecular complexity index is 2030. The summed E-state index contributed by atoms with van der Waals surface area (Å²) in [6.45, 7) is 3.11. The van der Waals surface area contributed by atoms with Crippen LogP contribution in [0.1, 0.15) is 48.6 Å². The molecule has 1 saturated heterocycles. The van der Waals surface area contributed by atoms with Crippen molar-refractivity contribution in [1.82, 2.24) is 7.94 Å². The number of halogens is 8. The van der Waals surface area contributed by atoms with Crippen LogP contribution in [-0.4, -0.2) is 49.7 Å². The van der Waals surface area contributed by atoms with E-state index < -0.39 is 65.0 Å². The molecule has 0 radical (unpaired) electrons. The molecule has 2 aromatic carbocycles. The summed E-state index contributed by atoms with van der Waals surface area (Å²) >= 11 is 11.3. The van der Waals surface area contributed by atoms with Crippen LogP contribution in [0.15, 0.2) is 36.4 Å². The fraction of sp³-hybridized carbons (Fsp3) is 0.346. The van der Waals surface area contributed by atoms with E-state index in [0.717, 1.165) is 41.6 Å². The van der Waals surface area contributed by atoms with Gasteiger partial charge in [-0.3, -0.25) is 4.79 Å². The van der Waals surface area contributed by atoms with Crippen molar-refractivity contribution >= 4 is 70.8 Å². The van der Waals surface area contributed by atoms with Crippen LogP contribution in [0, 0.1) is 0 Å². The van der Waals surface area contributed by atoms with Crippen molar-refractivity contribution in [2.45, 2.75) is 39.2 Å². The Balaban J connectivity index is 0.000000235. The topological polar surface area (TPSA) is 108 Å². The molecule has 3 heterocycles. The van der Waals surface area contributed by atoms with Crippen LogP contribution in [0.2, 0.25) is 10.0 Å². The van der Waals surface area contributed by atoms with Crippen molar-refractivity contribution in [1.29, 1.82) is 0 Å². The number of benzene rings is 2. The average Bonchev–Trinajstić information content (AvgIpc) is 3.27. The van der Waals surface area contributed by atoms with Gasteiger partial charge in [-0.15, -0.1) is 0 Å². The smallest absolute Gasteiger partial charge is 0.363 e. The van der Waals surface area contributed by atoms with Crippen molar-refractivity contribution < 1.29 is 52.7 Å². The summed E-state index contributed by atoms with van der Waals surface area (Å²) < 4.78 is 132. The van der Waals surface area contributed by atoms with Gasteiger partial charge in [0.25, 0.3) is 0 Å². The summed E-state index contributed by atoms with van der Waals surface area (Å²) in [5.41, 5.74) is -3.27. The zero-order chi connectivity index (χ0) is 32.7. The molecule has 4 aromatic rings. The first kappa shape index (κ1) is 35.7. The van der Waals surface area contributed by atoms with Gasteiger partial charge in [0.2, 0.25) is 20.0 Å². The van der Waals surface area contributed by atoms with E-state index in [1.807, 2.05) is 0 Å². The molecule has 2 aromatic heterocycles. The van der Waals surface area contributed by atoms with E-state index in [4.69, 9.17) is 27.9 Å². The molecule has 1 atom stereocenters. The van der Waals surface area contributed by atoms with Gasteiger partial charge in [-0.1, -0.05) is 30.6 Å². The molecule has 1 fully saturated rings. The molecule has 1 unspecified atom stereocenters. The van der Waals surface area contributed by atoms with E-state index in [1.54, 1.807) is 6.92 Å². The van der Waals surface area contributed by atoms with Crippen molar-refractivity contribution in [3.8, 4) is 0 Å². The highest BCUT2D eigenvalue weighted by molar-refractivity contribution is 7.89. The van der Waals surface area contributed by atoms with Crippen LogP contribution < -0.4 is 0 Å². The molecule has 18 heteroatoms. The van der Waals surface area contributed by atoms with Crippen molar-refractivity contribution in [3.63, 3.8) is 0 Å². The number of hydrogen-bond acceptors (Lipinski definition) is 6. The summed E-state index contributed by atoms with van der Waals surface area (Å²) in [5, 5.41) is -0.575. The van der Waals surface area contributed by atoms with Crippen LogP contribution in [0.25, 0.3) is 21.8 Å². The monoisotopic (exact) mass is 708 g/mol. The number of carbonyl (C=O) groups excluding carboxylic acids is 1. The van der Waals surface area contributed by atoms with Gasteiger partial charge in [-0.2, -0.15) is 26.3 Å². The van der Waals surface area contributed by atoms with E-state index in [9.17, 15) is 48.0 Å². The van der Waals surface area contributed by atoms with Crippen molar-refractivity contribution in [2.24, 2.45) is 0 Å². The second-order valence-corrected chi connectivity index (χ2v) is 14.4. The van der Waals surface area contributed by atoms with E-state index in [0.29, 0.717) is 27.7 Å². The summed E-state index contributed by atoms with van der Waals surface area (Å²) in [7, 11) is -7.76. The molecule has 0 bridgehead atoms. The number of rotatable bonds is 4. The lowest BCUT2D eigenvalue weighted by Crippen LogP contribution is -2.18. The number of alkyl halides is 6. The minimum absolute atomic E-state index is 0. The first-order chi connectivity index (χ1) is 19.4. The Morgan fingerprint density at radius 1 is 0.795 bits per heavy atom. The predicted octanol–water partition coefficient (Wildman–Crippen LogP) is 7.33. The molecule has 44 heavy (non-hydrogen) atoms. The minimum atomic E-state index is -4.73. The Hall–Kier alpha value is -2.79. The van der Waals surface area contributed by atoms with Crippen LogP contribution in [0.5, 0.6) is 0 Å². The van der Waals surface area contributed by atoms with Crippen LogP contribution >= 0.6 is 23.2 Å². The van der Waals surface area contributed by atoms with Gasteiger partial charge in [0.05, 0.1) is 57.0 Å². The summed E-state index contributed by atoms with van der Waals surface area (Å²) in [5.74, 6) is -0.582. The highest BCUT2D eigenvalue weighted by Crippen LogP contribution is 2.44. The minimum Gasteiger partial charge on any atom is -0.363 e. The van der Waals surface area contributed by atoms with Gasteiger partial charge < -0.3 is 4.74 Å². The van der Waals surface area contributed by atoms with Gasteiger partial charge in [0, 0.05) is 17.7 Å². The molecular weight excluding hydrogens is 685 g/mol. The predicted molar refractivity (Wildman–Crippen MR) is 154 cm³/mol. The fourth-order valence-electron chi connectivity index (χ4n) is 4.43. The highest BCUT2D eigenvalue weighted by Gasteiger charge is 2.46. The first-order valence-corrected chi connectivity index (χ1v) is 16.2. The SMILES string of the molecule is C.CC(=O)c1cc2cc(Cl)c(C(F)(F)F)cc2n1S(C)(=O)=O.CC1(c2cc3cc(Cl)c(C(F)(F)F)cc3n2S(C)(=O)=O)CO1. The van der Waals surface area contributed by atoms with E-state index in [-0.39, 0.29) is 29.5 Å². The molecule has 0 N–H and O–H groups in total. The van der Waals surface area contributed by atoms with Crippen molar-refractivity contribution in [2.75, 3.05) is 19.1 Å². The van der Waals surface area contributed by atoms with Crippen molar-refractivity contribution in [3.05, 3.63) is 69.0 Å². The molecule has 0 saturated carbocycles. The third kappa shape index (κ3) is 6.73. The summed E-state index contributed by atoms with van der Waals surface area (Å²) in [6.07, 6.45) is -7.66. The number of nitrogens with zero attached hydrogens (tertiary/aromatic N) is 2. The number of Topliss-reactive ketones (excluding diaryl/α,β-unsaturated/α-hetero) is 1. The lowest BCUT2D eigenvalue weighted by Gasteiger charge is -2.13. The average molecular weight is 710 g/mol. The third-order valence-corrected chi connectivity index (χ3v) is 9.19. The molecule has 8 nitrogen and oxygen atoms in total. The van der Waals surface area contributed by atoms with E-state index >= 15 is 0 Å². The number of hydrogen-bond donors (Lipinski definition) is 0. The molecule has 0 amide bonds. The molecule has 1 aliphatic rings. The first-order valence-electron chi connectivity index (χ1n) is 11.8. The molecule has 242 valence electrons. The highest BCUT2D eigenvalue weighted by atomic mass is 35.5. The maximum absolute atomic E-state index is 13.0. The second kappa shape index (κ2) is 11.2. The fourth-order valence-corrected chi connectivity index (χ4v) is 7.16. The number of carbonyl (C=O) groups is 1. The Kier molecular flexibility index (Phi) is 9.10. The van der Waals surface area contributed by atoms with E-state index in [2.05, 4.69) is 0 Å². The quantitative estimate of drug-likeness (QED) is 0.125. The Morgan fingerprint density at radius 3 is 1.52 bits per heavy atom. The zero-order valence-corrected chi connectivity index (χ0v) is 25.5. The largest absolute Gasteiger partial charge is 0.417 e. The standard InChI is InChI=1S/C13H11ClF3NO3S.C12H9ClF3NO3S.CH4/c1-12(6-21-12)11-4-7-3-9(14)8(13(15,16)17)5-10(7)18(11)22(2,19)20;1-6(18)10-4-7-3-9(13)8(12(14,15)16)5-11(7)17(10)21(2,19)20;/h3-5H,6H2,1-2H3;3-5H,1-2H3;1H4. The number of aromatic nitrogens is 2. The molecule has 1 aliphatic heterocycles. The number of fused-ring (bicyclic) bond motifs is 2. The number of epoxide rings is 1. The van der Waals surface area contributed by atoms with Gasteiger partial charge in [0.15, 0.2) is 5.78 Å². The second-order valence-electron chi connectivity index (χ2n) is 9.97. The normalized spacial score (nSPS) is 17.3. The van der Waals surface area contributed by atoms with Crippen LogP contribution in [0.3, 0.4) is 0 Å². The third-order valence-electron chi connectivity index (χ3n) is 6.45. The zero-order valence-electron chi connectivity index (χ0n) is 22.4. The maximum atomic E-state index is 13.0. The van der Waals surface area contributed by atoms with Crippen LogP contribution in [0.4, 0.5) is 26.3 Å². The van der Waals surface area contributed by atoms with E-state index in [1.165, 1.54) is 12.1 Å².